The summed E-state index contributed by atoms with van der Waals surface area (Å²) in [5.41, 5.74) is 9.83. The van der Waals surface area contributed by atoms with Crippen LogP contribution in [0, 0.1) is 6.92 Å². The number of aromatic nitrogens is 2. The Hall–Kier alpha value is -2.21. The van der Waals surface area contributed by atoms with Gasteiger partial charge in [0.05, 0.1) is 4.47 Å². The normalized spacial score (nSPS) is 13.0. The summed E-state index contributed by atoms with van der Waals surface area (Å²) in [6.45, 7) is 2.26. The second kappa shape index (κ2) is 4.39. The Bertz CT molecular complexity index is 873. The topological polar surface area (TPSA) is 61.8 Å². The van der Waals surface area contributed by atoms with Gasteiger partial charge in [0, 0.05) is 11.8 Å². The number of pyridine rings is 1. The number of fused-ring (bicyclic) bond motifs is 2. The van der Waals surface area contributed by atoms with Crippen LogP contribution >= 0.6 is 15.9 Å². The minimum absolute atomic E-state index is 0.233. The maximum absolute atomic E-state index is 6.23. The van der Waals surface area contributed by atoms with Crippen molar-refractivity contribution in [2.24, 2.45) is 0 Å². The number of rotatable bonds is 1. The molecule has 3 heterocycles. The van der Waals surface area contributed by atoms with Gasteiger partial charge < -0.3 is 15.2 Å². The summed E-state index contributed by atoms with van der Waals surface area (Å²) in [4.78, 5) is 4.63. The molecule has 5 nitrogen and oxygen atoms in total. The molecular weight excluding hydrogens is 334 g/mol. The van der Waals surface area contributed by atoms with Gasteiger partial charge in [-0.2, -0.15) is 0 Å². The molecule has 2 N–H and O–H groups in total. The number of anilines is 1. The van der Waals surface area contributed by atoms with E-state index >= 15 is 0 Å². The van der Waals surface area contributed by atoms with Gasteiger partial charge in [-0.25, -0.2) is 4.98 Å². The van der Waals surface area contributed by atoms with E-state index in [0.717, 1.165) is 32.7 Å². The van der Waals surface area contributed by atoms with Crippen molar-refractivity contribution in [1.82, 2.24) is 9.38 Å². The molecule has 0 spiro atoms. The Morgan fingerprint density at radius 2 is 2.14 bits per heavy atom. The Morgan fingerprint density at radius 3 is 3.00 bits per heavy atom. The van der Waals surface area contributed by atoms with Crippen LogP contribution in [0.25, 0.3) is 16.9 Å². The smallest absolute Gasteiger partial charge is 0.231 e. The first-order valence-electron chi connectivity index (χ1n) is 6.47. The molecule has 0 atom stereocenters. The highest BCUT2D eigenvalue weighted by atomic mass is 79.9. The Labute approximate surface area is 129 Å². The molecule has 0 fully saturated rings. The zero-order valence-electron chi connectivity index (χ0n) is 11.3. The maximum Gasteiger partial charge on any atom is 0.231 e. The third-order valence-electron chi connectivity index (χ3n) is 3.52. The second-order valence-electron chi connectivity index (χ2n) is 4.97. The third-order valence-corrected chi connectivity index (χ3v) is 4.11. The van der Waals surface area contributed by atoms with Gasteiger partial charge in [0.2, 0.25) is 6.79 Å². The molecule has 1 aromatic carbocycles. The van der Waals surface area contributed by atoms with Gasteiger partial charge in [-0.15, -0.1) is 0 Å². The fourth-order valence-electron chi connectivity index (χ4n) is 2.48. The number of benzene rings is 1. The van der Waals surface area contributed by atoms with Gasteiger partial charge in [-0.3, -0.25) is 4.40 Å². The number of nitrogens with two attached hydrogens (primary N) is 1. The quantitative estimate of drug-likeness (QED) is 0.734. The number of nitrogens with zero attached hydrogens (tertiary/aromatic N) is 2. The van der Waals surface area contributed by atoms with Crippen LogP contribution in [0.3, 0.4) is 0 Å². The molecule has 0 saturated heterocycles. The summed E-state index contributed by atoms with van der Waals surface area (Å²) in [7, 11) is 0. The zero-order chi connectivity index (χ0) is 14.6. The second-order valence-corrected chi connectivity index (χ2v) is 5.82. The highest BCUT2D eigenvalue weighted by molar-refractivity contribution is 9.10. The number of hydrogen-bond donors (Lipinski definition) is 1. The summed E-state index contributed by atoms with van der Waals surface area (Å²) >= 11 is 3.50. The first-order chi connectivity index (χ1) is 10.1. The molecule has 0 saturated carbocycles. The molecule has 2 aromatic heterocycles. The van der Waals surface area contributed by atoms with Crippen LogP contribution < -0.4 is 15.2 Å². The minimum atomic E-state index is 0.233. The Kier molecular flexibility index (Phi) is 2.62. The van der Waals surface area contributed by atoms with Crippen molar-refractivity contribution < 1.29 is 9.47 Å². The highest BCUT2D eigenvalue weighted by Gasteiger charge is 2.21. The van der Waals surface area contributed by atoms with Gasteiger partial charge in [0.15, 0.2) is 11.5 Å². The molecule has 4 rings (SSSR count). The number of imidazole rings is 1. The third kappa shape index (κ3) is 1.86. The number of hydrogen-bond acceptors (Lipinski definition) is 4. The van der Waals surface area contributed by atoms with Gasteiger partial charge in [0.25, 0.3) is 0 Å². The van der Waals surface area contributed by atoms with Crippen LogP contribution in [0.4, 0.5) is 5.82 Å². The lowest BCUT2D eigenvalue weighted by molar-refractivity contribution is 0.173. The van der Waals surface area contributed by atoms with Gasteiger partial charge >= 0.3 is 0 Å². The molecule has 1 aliphatic rings. The van der Waals surface area contributed by atoms with E-state index in [-0.39, 0.29) is 6.79 Å². The number of aryl methyl sites for hydroxylation is 1. The highest BCUT2D eigenvalue weighted by Crippen LogP contribution is 2.43. The molecule has 0 radical (unpaired) electrons. The van der Waals surface area contributed by atoms with E-state index in [2.05, 4.69) is 20.9 Å². The molecule has 1 aliphatic heterocycles. The molecule has 21 heavy (non-hydrogen) atoms. The van der Waals surface area contributed by atoms with E-state index in [1.54, 1.807) is 0 Å². The summed E-state index contributed by atoms with van der Waals surface area (Å²) in [6.07, 6.45) is 1.93. The van der Waals surface area contributed by atoms with Crippen LogP contribution in [0.15, 0.2) is 34.9 Å². The summed E-state index contributed by atoms with van der Waals surface area (Å²) < 4.78 is 13.6. The van der Waals surface area contributed by atoms with Crippen LogP contribution in [0.2, 0.25) is 0 Å². The molecule has 0 amide bonds. The molecule has 6 heteroatoms. The van der Waals surface area contributed by atoms with Crippen LogP contribution in [0.5, 0.6) is 11.5 Å². The van der Waals surface area contributed by atoms with E-state index in [0.29, 0.717) is 11.6 Å². The van der Waals surface area contributed by atoms with E-state index in [9.17, 15) is 0 Å². The number of halogens is 1. The van der Waals surface area contributed by atoms with Crippen molar-refractivity contribution in [3.05, 3.63) is 40.5 Å². The molecule has 0 unspecified atom stereocenters. The van der Waals surface area contributed by atoms with Crippen LogP contribution in [0.1, 0.15) is 5.56 Å². The van der Waals surface area contributed by atoms with Crippen molar-refractivity contribution >= 4 is 27.4 Å². The first-order valence-corrected chi connectivity index (χ1v) is 7.26. The monoisotopic (exact) mass is 345 g/mol. The van der Waals surface area contributed by atoms with E-state index < -0.39 is 0 Å². The maximum atomic E-state index is 6.23. The Morgan fingerprint density at radius 1 is 1.29 bits per heavy atom. The minimum Gasteiger partial charge on any atom is -0.454 e. The summed E-state index contributed by atoms with van der Waals surface area (Å²) in [5.74, 6) is 2.03. The van der Waals surface area contributed by atoms with Crippen molar-refractivity contribution in [1.29, 1.82) is 0 Å². The SMILES string of the molecule is Cc1ccn2c(N)c(-c3cc(Br)c4c(c3)OCO4)nc2c1. The Balaban J connectivity index is 1.94. The standard InChI is InChI=1S/C15H12BrN3O2/c1-8-2-3-19-12(4-8)18-13(15(19)17)9-5-10(16)14-11(6-9)20-7-21-14/h2-6H,7,17H2,1H3. The van der Waals surface area contributed by atoms with Crippen LogP contribution in [-0.2, 0) is 0 Å². The lowest BCUT2D eigenvalue weighted by Crippen LogP contribution is -1.94. The average Bonchev–Trinajstić information content (AvgIpc) is 3.04. The van der Waals surface area contributed by atoms with Crippen molar-refractivity contribution in [2.75, 3.05) is 12.5 Å². The summed E-state index contributed by atoms with van der Waals surface area (Å²) in [5, 5.41) is 0. The lowest BCUT2D eigenvalue weighted by atomic mass is 10.1. The molecule has 106 valence electrons. The fourth-order valence-corrected chi connectivity index (χ4v) is 3.04. The van der Waals surface area contributed by atoms with E-state index in [1.807, 2.05) is 41.8 Å². The van der Waals surface area contributed by atoms with Gasteiger partial charge in [-0.05, 0) is 52.7 Å². The number of nitrogen functional groups attached to an aromatic ring is 1. The van der Waals surface area contributed by atoms with Gasteiger partial charge in [-0.1, -0.05) is 0 Å². The first kappa shape index (κ1) is 12.5. The molecule has 0 bridgehead atoms. The predicted octanol–water partition coefficient (Wildman–Crippen LogP) is 3.38. The lowest BCUT2D eigenvalue weighted by Gasteiger charge is -2.04. The van der Waals surface area contributed by atoms with Crippen LogP contribution in [-0.4, -0.2) is 16.2 Å². The molecule has 0 aliphatic carbocycles. The van der Waals surface area contributed by atoms with Crippen molar-refractivity contribution in [3.63, 3.8) is 0 Å². The average molecular weight is 346 g/mol. The van der Waals surface area contributed by atoms with E-state index in [4.69, 9.17) is 15.2 Å². The fraction of sp³-hybridized carbons (Fsp3) is 0.133. The van der Waals surface area contributed by atoms with Crippen molar-refractivity contribution in [3.8, 4) is 22.8 Å². The largest absolute Gasteiger partial charge is 0.454 e. The van der Waals surface area contributed by atoms with E-state index in [1.165, 1.54) is 0 Å². The predicted molar refractivity (Wildman–Crippen MR) is 83.6 cm³/mol. The summed E-state index contributed by atoms with van der Waals surface area (Å²) in [6, 6.07) is 7.85. The van der Waals surface area contributed by atoms with Crippen molar-refractivity contribution in [2.45, 2.75) is 6.92 Å². The molecular formula is C15H12BrN3O2. The molecule has 3 aromatic rings. The van der Waals surface area contributed by atoms with Gasteiger partial charge in [0.1, 0.15) is 17.2 Å². The number of ether oxygens (including phenoxy) is 2. The zero-order valence-corrected chi connectivity index (χ0v) is 12.8.